The maximum atomic E-state index is 12.3. The van der Waals surface area contributed by atoms with Crippen LogP contribution in [0, 0.1) is 0 Å². The summed E-state index contributed by atoms with van der Waals surface area (Å²) in [6.07, 6.45) is 0.503. The van der Waals surface area contributed by atoms with Crippen molar-refractivity contribution in [1.29, 1.82) is 0 Å². The summed E-state index contributed by atoms with van der Waals surface area (Å²) >= 11 is 5.81. The molecule has 0 radical (unpaired) electrons. The molecule has 2 aromatic rings. The lowest BCUT2D eigenvalue weighted by Crippen LogP contribution is -2.35. The number of anilines is 1. The summed E-state index contributed by atoms with van der Waals surface area (Å²) in [5, 5.41) is 3.41. The number of amides is 1. The van der Waals surface area contributed by atoms with E-state index in [1.807, 2.05) is 13.8 Å². The van der Waals surface area contributed by atoms with Crippen LogP contribution in [0.25, 0.3) is 0 Å². The molecule has 0 aliphatic carbocycles. The number of halogens is 1. The van der Waals surface area contributed by atoms with E-state index in [0.717, 1.165) is 0 Å². The number of ether oxygens (including phenoxy) is 2. The molecule has 0 bridgehead atoms. The molecule has 1 N–H and O–H groups in total. The van der Waals surface area contributed by atoms with E-state index < -0.39 is 5.60 Å². The molecule has 5 nitrogen and oxygen atoms in total. The Hall–Kier alpha value is -2.53. The van der Waals surface area contributed by atoms with Crippen molar-refractivity contribution < 1.29 is 19.1 Å². The lowest BCUT2D eigenvalue weighted by Gasteiger charge is -2.31. The van der Waals surface area contributed by atoms with Crippen LogP contribution in [0.1, 0.15) is 37.0 Å². The van der Waals surface area contributed by atoms with Gasteiger partial charge in [-0.25, -0.2) is 0 Å². The largest absolute Gasteiger partial charge is 0.493 e. The lowest BCUT2D eigenvalue weighted by atomic mass is 9.93. The summed E-state index contributed by atoms with van der Waals surface area (Å²) < 4.78 is 11.3. The highest BCUT2D eigenvalue weighted by Crippen LogP contribution is 2.34. The van der Waals surface area contributed by atoms with Gasteiger partial charge in [-0.15, -0.1) is 0 Å². The molecule has 0 aromatic heterocycles. The fourth-order valence-corrected chi connectivity index (χ4v) is 2.87. The average Bonchev–Trinajstić information content (AvgIpc) is 2.56. The van der Waals surface area contributed by atoms with Crippen molar-refractivity contribution in [3.05, 3.63) is 53.1 Å². The lowest BCUT2D eigenvalue weighted by molar-refractivity contribution is -0.116. The van der Waals surface area contributed by atoms with Crippen LogP contribution in [0.2, 0.25) is 5.02 Å². The van der Waals surface area contributed by atoms with Crippen molar-refractivity contribution >= 4 is 29.0 Å². The normalized spacial score (nSPS) is 15.0. The molecule has 1 aliphatic rings. The van der Waals surface area contributed by atoms with Gasteiger partial charge in [-0.1, -0.05) is 11.6 Å². The van der Waals surface area contributed by atoms with Gasteiger partial charge in [0, 0.05) is 10.7 Å². The first-order chi connectivity index (χ1) is 12.3. The zero-order valence-corrected chi connectivity index (χ0v) is 15.4. The molecule has 0 saturated carbocycles. The fourth-order valence-electron chi connectivity index (χ4n) is 2.75. The Labute approximate surface area is 157 Å². The molecule has 0 spiro atoms. The summed E-state index contributed by atoms with van der Waals surface area (Å²) in [6, 6.07) is 12.0. The van der Waals surface area contributed by atoms with Gasteiger partial charge in [0.1, 0.15) is 17.1 Å². The predicted octanol–water partition coefficient (Wildman–Crippen LogP) is 4.49. The third kappa shape index (κ3) is 4.55. The number of ketones is 1. The monoisotopic (exact) mass is 373 g/mol. The molecule has 1 amide bonds. The Morgan fingerprint density at radius 3 is 2.69 bits per heavy atom. The minimum absolute atomic E-state index is 0.0124. The van der Waals surface area contributed by atoms with Crippen LogP contribution >= 0.6 is 11.6 Å². The minimum atomic E-state index is -0.506. The van der Waals surface area contributed by atoms with Gasteiger partial charge in [0.2, 0.25) is 5.91 Å². The van der Waals surface area contributed by atoms with Crippen LogP contribution < -0.4 is 14.8 Å². The summed E-state index contributed by atoms with van der Waals surface area (Å²) in [5.74, 6) is 1.03. The second-order valence-corrected chi connectivity index (χ2v) is 7.21. The second-order valence-electron chi connectivity index (χ2n) is 6.77. The van der Waals surface area contributed by atoms with Gasteiger partial charge in [-0.2, -0.15) is 0 Å². The van der Waals surface area contributed by atoms with Gasteiger partial charge in [0.25, 0.3) is 0 Å². The van der Waals surface area contributed by atoms with Crippen LogP contribution in [0.15, 0.2) is 42.5 Å². The summed E-state index contributed by atoms with van der Waals surface area (Å²) in [7, 11) is 0. The summed E-state index contributed by atoms with van der Waals surface area (Å²) in [6.45, 7) is 4.00. The first-order valence-corrected chi connectivity index (χ1v) is 8.75. The molecule has 0 saturated heterocycles. The number of carbonyl (C=O) groups excluding carboxylic acids is 2. The number of nitrogens with one attached hydrogen (secondary N) is 1. The van der Waals surface area contributed by atoms with E-state index in [0.29, 0.717) is 34.2 Å². The molecule has 136 valence electrons. The zero-order valence-electron chi connectivity index (χ0n) is 14.7. The topological polar surface area (TPSA) is 64.6 Å². The highest BCUT2D eigenvalue weighted by molar-refractivity contribution is 6.30. The number of benzene rings is 2. The van der Waals surface area contributed by atoms with Crippen LogP contribution in [-0.4, -0.2) is 23.9 Å². The molecular weight excluding hydrogens is 354 g/mol. The molecular formula is C20H20ClNO4. The number of Topliss-reactive ketones (excluding diaryl/α,β-unsaturated/α-hetero) is 1. The molecule has 6 heteroatoms. The van der Waals surface area contributed by atoms with E-state index in [-0.39, 0.29) is 24.7 Å². The average molecular weight is 374 g/mol. The Morgan fingerprint density at radius 1 is 1.23 bits per heavy atom. The van der Waals surface area contributed by atoms with E-state index in [4.69, 9.17) is 21.1 Å². The molecule has 26 heavy (non-hydrogen) atoms. The van der Waals surface area contributed by atoms with Gasteiger partial charge in [-0.05, 0) is 56.3 Å². The summed E-state index contributed by atoms with van der Waals surface area (Å²) in [5.41, 5.74) is 0.560. The van der Waals surface area contributed by atoms with E-state index in [1.54, 1.807) is 42.5 Å². The van der Waals surface area contributed by atoms with Crippen LogP contribution in [0.5, 0.6) is 11.5 Å². The Bertz CT molecular complexity index is 830. The van der Waals surface area contributed by atoms with Crippen molar-refractivity contribution in [3.8, 4) is 11.5 Å². The van der Waals surface area contributed by atoms with E-state index in [9.17, 15) is 9.59 Å². The molecule has 3 rings (SSSR count). The maximum Gasteiger partial charge on any atom is 0.227 e. The number of carbonyl (C=O) groups is 2. The minimum Gasteiger partial charge on any atom is -0.493 e. The maximum absolute atomic E-state index is 12.3. The van der Waals surface area contributed by atoms with Crippen molar-refractivity contribution in [1.82, 2.24) is 0 Å². The smallest absolute Gasteiger partial charge is 0.227 e. The first kappa shape index (κ1) is 18.3. The van der Waals surface area contributed by atoms with E-state index >= 15 is 0 Å². The van der Waals surface area contributed by atoms with Crippen LogP contribution in [-0.2, 0) is 4.79 Å². The van der Waals surface area contributed by atoms with Gasteiger partial charge < -0.3 is 14.8 Å². The molecule has 0 unspecified atom stereocenters. The van der Waals surface area contributed by atoms with Crippen molar-refractivity contribution in [3.63, 3.8) is 0 Å². The number of fused-ring (bicyclic) bond motifs is 1. The van der Waals surface area contributed by atoms with Gasteiger partial charge in [0.15, 0.2) is 5.78 Å². The third-order valence-electron chi connectivity index (χ3n) is 3.95. The number of hydrogen-bond acceptors (Lipinski definition) is 4. The Balaban J connectivity index is 1.55. The molecule has 1 aliphatic heterocycles. The summed E-state index contributed by atoms with van der Waals surface area (Å²) in [4.78, 5) is 24.4. The van der Waals surface area contributed by atoms with Crippen molar-refractivity contribution in [2.75, 3.05) is 11.9 Å². The Morgan fingerprint density at radius 2 is 1.96 bits per heavy atom. The van der Waals surface area contributed by atoms with Gasteiger partial charge in [0.05, 0.1) is 25.0 Å². The van der Waals surface area contributed by atoms with Crippen LogP contribution in [0.4, 0.5) is 5.69 Å². The zero-order chi connectivity index (χ0) is 18.7. The van der Waals surface area contributed by atoms with Gasteiger partial charge in [-0.3, -0.25) is 9.59 Å². The number of hydrogen-bond donors (Lipinski definition) is 1. The predicted molar refractivity (Wildman–Crippen MR) is 100 cm³/mol. The van der Waals surface area contributed by atoms with Gasteiger partial charge >= 0.3 is 0 Å². The molecule has 2 aromatic carbocycles. The molecule has 1 heterocycles. The SMILES string of the molecule is CC1(C)CC(=O)c2cc(NC(=O)CCOc3ccc(Cl)cc3)ccc2O1. The first-order valence-electron chi connectivity index (χ1n) is 8.37. The Kier molecular flexibility index (Phi) is 5.18. The van der Waals surface area contributed by atoms with E-state index in [1.165, 1.54) is 0 Å². The fraction of sp³-hybridized carbons (Fsp3) is 0.300. The van der Waals surface area contributed by atoms with Crippen molar-refractivity contribution in [2.45, 2.75) is 32.3 Å². The van der Waals surface area contributed by atoms with Crippen molar-refractivity contribution in [2.24, 2.45) is 0 Å². The quantitative estimate of drug-likeness (QED) is 0.838. The highest BCUT2D eigenvalue weighted by atomic mass is 35.5. The van der Waals surface area contributed by atoms with E-state index in [2.05, 4.69) is 5.32 Å². The third-order valence-corrected chi connectivity index (χ3v) is 4.20. The highest BCUT2D eigenvalue weighted by Gasteiger charge is 2.32. The standard InChI is InChI=1S/C20H20ClNO4/c1-20(2)12-17(23)16-11-14(5-8-18(16)26-20)22-19(24)9-10-25-15-6-3-13(21)4-7-15/h3-8,11H,9-10,12H2,1-2H3,(H,22,24). The number of rotatable bonds is 5. The van der Waals surface area contributed by atoms with Crippen LogP contribution in [0.3, 0.4) is 0 Å². The molecule has 0 atom stereocenters. The molecule has 0 fully saturated rings. The second kappa shape index (κ2) is 7.38.